The first-order valence-corrected chi connectivity index (χ1v) is 7.54. The number of rotatable bonds is 4. The summed E-state index contributed by atoms with van der Waals surface area (Å²) in [6.45, 7) is 12.0. The maximum absolute atomic E-state index is 12.1. The molecule has 0 saturated heterocycles. The van der Waals surface area contributed by atoms with Crippen LogP contribution < -0.4 is 5.73 Å². The third-order valence-electron chi connectivity index (χ3n) is 3.39. The van der Waals surface area contributed by atoms with Crippen molar-refractivity contribution in [1.82, 2.24) is 4.90 Å². The molecule has 0 aromatic rings. The molecule has 0 unspecified atom stereocenters. The van der Waals surface area contributed by atoms with Crippen molar-refractivity contribution in [1.29, 1.82) is 0 Å². The van der Waals surface area contributed by atoms with Crippen molar-refractivity contribution < 1.29 is 14.3 Å². The van der Waals surface area contributed by atoms with Crippen molar-refractivity contribution in [2.24, 2.45) is 10.7 Å². The average Bonchev–Trinajstić information content (AvgIpc) is 2.50. The van der Waals surface area contributed by atoms with E-state index in [9.17, 15) is 4.79 Å². The maximum Gasteiger partial charge on any atom is 0.410 e. The van der Waals surface area contributed by atoms with Crippen LogP contribution in [0.1, 0.15) is 34.1 Å². The second-order valence-corrected chi connectivity index (χ2v) is 6.33. The predicted molar refractivity (Wildman–Crippen MR) is 92.0 cm³/mol. The number of methoxy groups -OCH3 is 1. The van der Waals surface area contributed by atoms with Crippen LogP contribution in [0.2, 0.25) is 0 Å². The van der Waals surface area contributed by atoms with Gasteiger partial charge in [-0.15, -0.1) is 0 Å². The van der Waals surface area contributed by atoms with Crippen LogP contribution in [0.15, 0.2) is 39.9 Å². The van der Waals surface area contributed by atoms with Crippen LogP contribution >= 0.6 is 0 Å². The second-order valence-electron chi connectivity index (χ2n) is 6.33. The lowest BCUT2D eigenvalue weighted by Gasteiger charge is -2.30. The molecular weight excluding hydrogens is 294 g/mol. The van der Waals surface area contributed by atoms with Gasteiger partial charge in [-0.3, -0.25) is 0 Å². The van der Waals surface area contributed by atoms with Crippen LogP contribution in [0.4, 0.5) is 4.79 Å². The van der Waals surface area contributed by atoms with Crippen molar-refractivity contribution >= 4 is 12.8 Å². The van der Waals surface area contributed by atoms with Gasteiger partial charge in [0.25, 0.3) is 0 Å². The Bertz CT molecular complexity index is 554. The Balaban J connectivity index is 2.86. The van der Waals surface area contributed by atoms with E-state index < -0.39 is 5.60 Å². The lowest BCUT2D eigenvalue weighted by molar-refractivity contribution is 0.0266. The van der Waals surface area contributed by atoms with Gasteiger partial charge in [0.1, 0.15) is 17.2 Å². The van der Waals surface area contributed by atoms with Gasteiger partial charge in [0, 0.05) is 19.2 Å². The summed E-state index contributed by atoms with van der Waals surface area (Å²) < 4.78 is 10.8. The van der Waals surface area contributed by atoms with Crippen molar-refractivity contribution in [2.75, 3.05) is 20.2 Å². The number of ether oxygens (including phenoxy) is 2. The molecule has 6 heteroatoms. The van der Waals surface area contributed by atoms with Gasteiger partial charge in [-0.2, -0.15) is 0 Å². The summed E-state index contributed by atoms with van der Waals surface area (Å²) in [5, 5.41) is 0. The van der Waals surface area contributed by atoms with E-state index in [1.54, 1.807) is 18.1 Å². The smallest absolute Gasteiger partial charge is 0.410 e. The van der Waals surface area contributed by atoms with Crippen molar-refractivity contribution in [3.63, 3.8) is 0 Å². The Morgan fingerprint density at radius 1 is 1.48 bits per heavy atom. The summed E-state index contributed by atoms with van der Waals surface area (Å²) in [5.41, 5.74) is 7.28. The zero-order chi connectivity index (χ0) is 17.6. The molecule has 0 saturated carbocycles. The monoisotopic (exact) mass is 321 g/mol. The molecule has 1 rings (SSSR count). The molecule has 0 radical (unpaired) electrons. The third kappa shape index (κ3) is 5.81. The van der Waals surface area contributed by atoms with Gasteiger partial charge in [-0.1, -0.05) is 6.08 Å². The molecule has 0 aromatic carbocycles. The molecule has 1 aliphatic heterocycles. The van der Waals surface area contributed by atoms with Crippen LogP contribution in [0.25, 0.3) is 0 Å². The van der Waals surface area contributed by atoms with E-state index in [4.69, 9.17) is 15.2 Å². The fourth-order valence-corrected chi connectivity index (χ4v) is 2.16. The fourth-order valence-electron chi connectivity index (χ4n) is 2.16. The summed E-state index contributed by atoms with van der Waals surface area (Å²) >= 11 is 0. The average molecular weight is 321 g/mol. The summed E-state index contributed by atoms with van der Waals surface area (Å²) in [5.74, 6) is 0.944. The number of allylic oxidation sites excluding steroid dienone is 2. The number of hydrogen-bond acceptors (Lipinski definition) is 5. The standard InChI is InChI=1S/C17H27N3O3/c1-12(14(22-6)11-15(18)19-5)13-7-9-20(10-8-13)16(21)23-17(2,3)4/h7,11H,5,8-10,18H2,1-4,6H3/b14-12-,15-11-. The number of nitrogens with zero attached hydrogens (tertiary/aromatic N) is 2. The van der Waals surface area contributed by atoms with Crippen LogP contribution in [-0.2, 0) is 9.47 Å². The largest absolute Gasteiger partial charge is 0.496 e. The topological polar surface area (TPSA) is 77.2 Å². The van der Waals surface area contributed by atoms with Gasteiger partial charge in [-0.25, -0.2) is 9.79 Å². The van der Waals surface area contributed by atoms with E-state index in [1.165, 1.54) is 0 Å². The number of nitrogens with two attached hydrogens (primary N) is 1. The lowest BCUT2D eigenvalue weighted by Crippen LogP contribution is -2.39. The molecule has 0 spiro atoms. The first-order valence-electron chi connectivity index (χ1n) is 7.54. The first-order chi connectivity index (χ1) is 10.7. The van der Waals surface area contributed by atoms with E-state index in [-0.39, 0.29) is 6.09 Å². The van der Waals surface area contributed by atoms with E-state index in [2.05, 4.69) is 11.7 Å². The van der Waals surface area contributed by atoms with Gasteiger partial charge < -0.3 is 20.1 Å². The molecule has 0 fully saturated rings. The molecule has 0 aromatic heterocycles. The zero-order valence-electron chi connectivity index (χ0n) is 14.7. The van der Waals surface area contributed by atoms with Crippen LogP contribution in [-0.4, -0.2) is 43.5 Å². The molecule has 128 valence electrons. The molecule has 23 heavy (non-hydrogen) atoms. The van der Waals surface area contributed by atoms with E-state index in [1.807, 2.05) is 33.8 Å². The highest BCUT2D eigenvalue weighted by molar-refractivity contribution is 5.68. The Morgan fingerprint density at radius 2 is 2.13 bits per heavy atom. The molecule has 1 aliphatic rings. The Kier molecular flexibility index (Phi) is 6.42. The highest BCUT2D eigenvalue weighted by Crippen LogP contribution is 2.24. The summed E-state index contributed by atoms with van der Waals surface area (Å²) in [7, 11) is 1.59. The number of carbonyl (C=O) groups is 1. The van der Waals surface area contributed by atoms with Crippen molar-refractivity contribution in [2.45, 2.75) is 39.7 Å². The van der Waals surface area contributed by atoms with Gasteiger partial charge in [0.15, 0.2) is 0 Å². The van der Waals surface area contributed by atoms with Crippen LogP contribution in [0.5, 0.6) is 0 Å². The number of hydrogen-bond donors (Lipinski definition) is 1. The molecule has 1 amide bonds. The van der Waals surface area contributed by atoms with E-state index in [0.717, 1.165) is 17.6 Å². The van der Waals surface area contributed by atoms with Gasteiger partial charge in [-0.05, 0) is 52.0 Å². The summed E-state index contributed by atoms with van der Waals surface area (Å²) in [6.07, 6.45) is 4.09. The van der Waals surface area contributed by atoms with Crippen LogP contribution in [0, 0.1) is 0 Å². The van der Waals surface area contributed by atoms with Gasteiger partial charge >= 0.3 is 6.09 Å². The molecule has 0 aliphatic carbocycles. The Labute approximate surface area is 138 Å². The normalized spacial score (nSPS) is 17.2. The van der Waals surface area contributed by atoms with Crippen molar-refractivity contribution in [3.8, 4) is 0 Å². The Morgan fingerprint density at radius 3 is 2.57 bits per heavy atom. The first kappa shape index (κ1) is 18.8. The highest BCUT2D eigenvalue weighted by Gasteiger charge is 2.24. The second kappa shape index (κ2) is 7.85. The summed E-state index contributed by atoms with van der Waals surface area (Å²) in [4.78, 5) is 17.4. The molecular formula is C17H27N3O3. The zero-order valence-corrected chi connectivity index (χ0v) is 14.7. The fraction of sp³-hybridized carbons (Fsp3) is 0.529. The van der Waals surface area contributed by atoms with Crippen molar-refractivity contribution in [3.05, 3.63) is 34.9 Å². The van der Waals surface area contributed by atoms with E-state index in [0.29, 0.717) is 24.7 Å². The quantitative estimate of drug-likeness (QED) is 0.490. The minimum Gasteiger partial charge on any atom is -0.496 e. The summed E-state index contributed by atoms with van der Waals surface area (Å²) in [6, 6.07) is 0. The predicted octanol–water partition coefficient (Wildman–Crippen LogP) is 2.97. The number of carbonyl (C=O) groups excluding carboxylic acids is 1. The molecule has 0 bridgehead atoms. The van der Waals surface area contributed by atoms with Gasteiger partial charge in [0.05, 0.1) is 7.11 Å². The minimum absolute atomic E-state index is 0.290. The SMILES string of the molecule is C=N/C(N)=C\C(OC)=C(/C)C1=CCN(C(=O)OC(C)(C)C)CC1. The Hall–Kier alpha value is -2.24. The highest BCUT2D eigenvalue weighted by atomic mass is 16.6. The van der Waals surface area contributed by atoms with Gasteiger partial charge in [0.2, 0.25) is 0 Å². The number of aliphatic imine (C=N–C) groups is 1. The van der Waals surface area contributed by atoms with E-state index >= 15 is 0 Å². The molecule has 6 nitrogen and oxygen atoms in total. The molecule has 2 N–H and O–H groups in total. The number of amides is 1. The molecule has 0 atom stereocenters. The molecule has 1 heterocycles. The maximum atomic E-state index is 12.1. The lowest BCUT2D eigenvalue weighted by atomic mass is 9.99. The van der Waals surface area contributed by atoms with Crippen LogP contribution in [0.3, 0.4) is 0 Å². The third-order valence-corrected chi connectivity index (χ3v) is 3.39. The minimum atomic E-state index is -0.486.